The first-order valence-electron chi connectivity index (χ1n) is 9.90. The van der Waals surface area contributed by atoms with Crippen molar-refractivity contribution < 1.29 is 14.3 Å². The first-order valence-corrected chi connectivity index (χ1v) is 9.90. The third-order valence-corrected chi connectivity index (χ3v) is 5.08. The zero-order valence-corrected chi connectivity index (χ0v) is 17.5. The SMILES string of the molecule is Cc1ccc(NC(=O)C(C)OC(=O)c2ccc3nc(-c4cccnc4)[nH]c3c2)cc1C. The molecule has 0 spiro atoms. The van der Waals surface area contributed by atoms with E-state index in [1.165, 1.54) is 0 Å². The molecule has 0 saturated heterocycles. The van der Waals surface area contributed by atoms with Crippen LogP contribution in [0.5, 0.6) is 0 Å². The average Bonchev–Trinajstić information content (AvgIpc) is 3.20. The van der Waals surface area contributed by atoms with E-state index < -0.39 is 18.0 Å². The van der Waals surface area contributed by atoms with E-state index in [-0.39, 0.29) is 0 Å². The van der Waals surface area contributed by atoms with Crippen LogP contribution < -0.4 is 5.32 Å². The zero-order valence-electron chi connectivity index (χ0n) is 17.5. The minimum Gasteiger partial charge on any atom is -0.449 e. The highest BCUT2D eigenvalue weighted by Gasteiger charge is 2.20. The van der Waals surface area contributed by atoms with Gasteiger partial charge in [-0.05, 0) is 74.4 Å². The Labute approximate surface area is 179 Å². The van der Waals surface area contributed by atoms with Gasteiger partial charge in [0.05, 0.1) is 16.6 Å². The van der Waals surface area contributed by atoms with E-state index in [2.05, 4.69) is 20.3 Å². The molecule has 2 N–H and O–H groups in total. The topological polar surface area (TPSA) is 97.0 Å². The van der Waals surface area contributed by atoms with Crippen molar-refractivity contribution in [3.8, 4) is 11.4 Å². The number of carbonyl (C=O) groups excluding carboxylic acids is 2. The number of aromatic nitrogens is 3. The molecular weight excluding hydrogens is 392 g/mol. The molecule has 4 rings (SSSR count). The first-order chi connectivity index (χ1) is 14.9. The number of hydrogen-bond donors (Lipinski definition) is 2. The molecule has 2 heterocycles. The molecule has 1 amide bonds. The normalized spacial score (nSPS) is 11.8. The second kappa shape index (κ2) is 8.39. The summed E-state index contributed by atoms with van der Waals surface area (Å²) < 4.78 is 5.37. The molecule has 156 valence electrons. The Morgan fingerprint density at radius 3 is 2.65 bits per heavy atom. The number of aromatic amines is 1. The van der Waals surface area contributed by atoms with Crippen LogP contribution in [0.2, 0.25) is 0 Å². The minimum absolute atomic E-state index is 0.333. The van der Waals surface area contributed by atoms with Crippen molar-refractivity contribution in [2.24, 2.45) is 0 Å². The summed E-state index contributed by atoms with van der Waals surface area (Å²) in [5.41, 5.74) is 5.47. The van der Waals surface area contributed by atoms with Crippen molar-refractivity contribution in [3.05, 3.63) is 77.6 Å². The molecule has 0 aliphatic rings. The van der Waals surface area contributed by atoms with Gasteiger partial charge in [-0.1, -0.05) is 6.07 Å². The summed E-state index contributed by atoms with van der Waals surface area (Å²) in [4.78, 5) is 36.8. The number of esters is 1. The van der Waals surface area contributed by atoms with Crippen molar-refractivity contribution in [1.82, 2.24) is 15.0 Å². The smallest absolute Gasteiger partial charge is 0.338 e. The summed E-state index contributed by atoms with van der Waals surface area (Å²) in [5, 5.41) is 2.78. The number of nitrogens with zero attached hydrogens (tertiary/aromatic N) is 2. The second-order valence-electron chi connectivity index (χ2n) is 7.39. The fourth-order valence-electron chi connectivity index (χ4n) is 3.12. The number of pyridine rings is 1. The maximum Gasteiger partial charge on any atom is 0.338 e. The lowest BCUT2D eigenvalue weighted by molar-refractivity contribution is -0.123. The van der Waals surface area contributed by atoms with E-state index in [4.69, 9.17) is 4.74 Å². The van der Waals surface area contributed by atoms with Crippen LogP contribution in [0.3, 0.4) is 0 Å². The third-order valence-electron chi connectivity index (χ3n) is 5.08. The fourth-order valence-corrected chi connectivity index (χ4v) is 3.12. The second-order valence-corrected chi connectivity index (χ2v) is 7.39. The molecule has 1 unspecified atom stereocenters. The van der Waals surface area contributed by atoms with Crippen molar-refractivity contribution >= 4 is 28.6 Å². The van der Waals surface area contributed by atoms with E-state index in [1.54, 1.807) is 37.5 Å². The molecule has 0 bridgehead atoms. The molecule has 7 heteroatoms. The summed E-state index contributed by atoms with van der Waals surface area (Å²) in [6.07, 6.45) is 2.46. The van der Waals surface area contributed by atoms with Gasteiger partial charge in [-0.3, -0.25) is 9.78 Å². The van der Waals surface area contributed by atoms with Crippen molar-refractivity contribution in [2.75, 3.05) is 5.32 Å². The van der Waals surface area contributed by atoms with Crippen LogP contribution in [0.1, 0.15) is 28.4 Å². The summed E-state index contributed by atoms with van der Waals surface area (Å²) in [7, 11) is 0. The van der Waals surface area contributed by atoms with E-state index in [0.29, 0.717) is 22.6 Å². The number of fused-ring (bicyclic) bond motifs is 1. The van der Waals surface area contributed by atoms with Crippen LogP contribution >= 0.6 is 0 Å². The fraction of sp³-hybridized carbons (Fsp3) is 0.167. The number of aryl methyl sites for hydroxylation is 2. The quantitative estimate of drug-likeness (QED) is 0.471. The number of hydrogen-bond acceptors (Lipinski definition) is 5. The van der Waals surface area contributed by atoms with Crippen molar-refractivity contribution in [3.63, 3.8) is 0 Å². The summed E-state index contributed by atoms with van der Waals surface area (Å²) >= 11 is 0. The van der Waals surface area contributed by atoms with E-state index in [0.717, 1.165) is 22.2 Å². The van der Waals surface area contributed by atoms with Gasteiger partial charge in [0, 0.05) is 23.6 Å². The monoisotopic (exact) mass is 414 g/mol. The Balaban J connectivity index is 1.45. The zero-order chi connectivity index (χ0) is 22.0. The molecule has 0 aliphatic heterocycles. The van der Waals surface area contributed by atoms with Crippen LogP contribution in [0.15, 0.2) is 60.9 Å². The lowest BCUT2D eigenvalue weighted by Crippen LogP contribution is -2.30. The molecule has 7 nitrogen and oxygen atoms in total. The lowest BCUT2D eigenvalue weighted by atomic mass is 10.1. The number of imidazole rings is 1. The summed E-state index contributed by atoms with van der Waals surface area (Å²) in [6.45, 7) is 5.52. The Morgan fingerprint density at radius 1 is 1.06 bits per heavy atom. The summed E-state index contributed by atoms with van der Waals surface area (Å²) in [5.74, 6) is -0.310. The molecule has 1 atom stereocenters. The van der Waals surface area contributed by atoms with E-state index >= 15 is 0 Å². The van der Waals surface area contributed by atoms with E-state index in [1.807, 2.05) is 44.2 Å². The molecular formula is C24H22N4O3. The predicted molar refractivity (Wildman–Crippen MR) is 119 cm³/mol. The van der Waals surface area contributed by atoms with Gasteiger partial charge >= 0.3 is 5.97 Å². The Hall–Kier alpha value is -4.00. The Bertz CT molecular complexity index is 1260. The standard InChI is InChI=1S/C24H22N4O3/c1-14-6-8-19(11-15(14)2)26-23(29)16(3)31-24(30)17-7-9-20-21(12-17)28-22(27-20)18-5-4-10-25-13-18/h4-13,16H,1-3H3,(H,26,29)(H,27,28). The molecule has 4 aromatic rings. The number of H-pyrrole nitrogens is 1. The largest absolute Gasteiger partial charge is 0.449 e. The summed E-state index contributed by atoms with van der Waals surface area (Å²) in [6, 6.07) is 14.4. The van der Waals surface area contributed by atoms with Gasteiger partial charge in [-0.15, -0.1) is 0 Å². The third kappa shape index (κ3) is 4.45. The number of rotatable bonds is 5. The van der Waals surface area contributed by atoms with Crippen LogP contribution in [-0.2, 0) is 9.53 Å². The van der Waals surface area contributed by atoms with Gasteiger partial charge in [-0.2, -0.15) is 0 Å². The van der Waals surface area contributed by atoms with Gasteiger partial charge in [0.25, 0.3) is 5.91 Å². The van der Waals surface area contributed by atoms with Crippen molar-refractivity contribution in [1.29, 1.82) is 0 Å². The van der Waals surface area contributed by atoms with E-state index in [9.17, 15) is 9.59 Å². The van der Waals surface area contributed by atoms with Crippen LogP contribution in [0, 0.1) is 13.8 Å². The molecule has 0 fully saturated rings. The molecule has 2 aromatic carbocycles. The maximum absolute atomic E-state index is 12.6. The Kier molecular flexibility index (Phi) is 5.49. The van der Waals surface area contributed by atoms with Crippen LogP contribution in [0.4, 0.5) is 5.69 Å². The number of amides is 1. The van der Waals surface area contributed by atoms with Crippen molar-refractivity contribution in [2.45, 2.75) is 26.9 Å². The number of ether oxygens (including phenoxy) is 1. The molecule has 0 aliphatic carbocycles. The highest BCUT2D eigenvalue weighted by molar-refractivity contribution is 5.98. The maximum atomic E-state index is 12.6. The van der Waals surface area contributed by atoms with Gasteiger partial charge in [0.2, 0.25) is 0 Å². The Morgan fingerprint density at radius 2 is 1.90 bits per heavy atom. The highest BCUT2D eigenvalue weighted by atomic mass is 16.5. The van der Waals surface area contributed by atoms with Gasteiger partial charge < -0.3 is 15.0 Å². The molecule has 0 saturated carbocycles. The number of benzene rings is 2. The number of nitrogens with one attached hydrogen (secondary N) is 2. The highest BCUT2D eigenvalue weighted by Crippen LogP contribution is 2.21. The van der Waals surface area contributed by atoms with Gasteiger partial charge in [0.15, 0.2) is 6.10 Å². The minimum atomic E-state index is -0.947. The average molecular weight is 414 g/mol. The molecule has 31 heavy (non-hydrogen) atoms. The number of anilines is 1. The molecule has 2 aromatic heterocycles. The van der Waals surface area contributed by atoms with Gasteiger partial charge in [0.1, 0.15) is 5.82 Å². The number of carbonyl (C=O) groups is 2. The van der Waals surface area contributed by atoms with Gasteiger partial charge in [-0.25, -0.2) is 9.78 Å². The van der Waals surface area contributed by atoms with Crippen LogP contribution in [0.25, 0.3) is 22.4 Å². The lowest BCUT2D eigenvalue weighted by Gasteiger charge is -2.14. The predicted octanol–water partition coefficient (Wildman–Crippen LogP) is 4.43. The van der Waals surface area contributed by atoms with Crippen LogP contribution in [-0.4, -0.2) is 32.9 Å². The molecule has 0 radical (unpaired) electrons. The first kappa shape index (κ1) is 20.3.